The second-order valence-electron chi connectivity index (χ2n) is 6.76. The Labute approximate surface area is 134 Å². The zero-order valence-electron chi connectivity index (χ0n) is 14.5. The van der Waals surface area contributed by atoms with Crippen LogP contribution in [-0.2, 0) is 0 Å². The average Bonchev–Trinajstić information content (AvgIpc) is 3.01. The zero-order chi connectivity index (χ0) is 15.0. The first kappa shape index (κ1) is 18.5. The summed E-state index contributed by atoms with van der Waals surface area (Å²) in [6, 6.07) is 0. The molecular weight excluding hydrogens is 252 g/mol. The van der Waals surface area contributed by atoms with Gasteiger partial charge in [0.2, 0.25) is 0 Å². The molecule has 0 bridgehead atoms. The predicted octanol–water partition coefficient (Wildman–Crippen LogP) is 7.74. The number of unbranched alkanes of at least 4 members (excludes halogenated alkanes) is 13. The monoisotopic (exact) mass is 290 g/mol. The van der Waals surface area contributed by atoms with E-state index in [2.05, 4.69) is 25.2 Å². The molecule has 0 heteroatoms. The van der Waals surface area contributed by atoms with Crippen molar-refractivity contribution >= 4 is 0 Å². The molecule has 0 unspecified atom stereocenters. The Morgan fingerprint density at radius 3 is 1.57 bits per heavy atom. The van der Waals surface area contributed by atoms with E-state index in [0.29, 0.717) is 0 Å². The van der Waals surface area contributed by atoms with Crippen LogP contribution in [0, 0.1) is 0 Å². The molecule has 122 valence electrons. The molecule has 1 rings (SSSR count). The smallest absolute Gasteiger partial charge is 0.0160 e. The number of allylic oxidation sites excluding steroid dienone is 4. The lowest BCUT2D eigenvalue weighted by Gasteiger charge is -2.03. The molecule has 0 saturated heterocycles. The van der Waals surface area contributed by atoms with E-state index in [1.807, 2.05) is 0 Å². The largest absolute Gasteiger partial charge is 0.0805 e. The molecule has 0 fully saturated rings. The maximum absolute atomic E-state index is 2.38. The molecule has 0 atom stereocenters. The van der Waals surface area contributed by atoms with Crippen molar-refractivity contribution in [1.29, 1.82) is 0 Å². The molecule has 0 aliphatic heterocycles. The number of hydrogen-bond acceptors (Lipinski definition) is 0. The third-order valence-corrected chi connectivity index (χ3v) is 4.67. The Kier molecular flexibility index (Phi) is 12.7. The highest BCUT2D eigenvalue weighted by Gasteiger charge is 1.98. The van der Waals surface area contributed by atoms with Crippen LogP contribution in [0.3, 0.4) is 0 Å². The van der Waals surface area contributed by atoms with Crippen molar-refractivity contribution in [2.24, 2.45) is 0 Å². The fourth-order valence-corrected chi connectivity index (χ4v) is 3.22. The van der Waals surface area contributed by atoms with Gasteiger partial charge >= 0.3 is 0 Å². The van der Waals surface area contributed by atoms with E-state index in [1.165, 1.54) is 103 Å². The molecule has 0 N–H and O–H groups in total. The minimum absolute atomic E-state index is 1.17. The first-order chi connectivity index (χ1) is 10.4. The molecule has 0 radical (unpaired) electrons. The summed E-state index contributed by atoms with van der Waals surface area (Å²) in [5, 5.41) is 0. The van der Waals surface area contributed by atoms with E-state index < -0.39 is 0 Å². The molecule has 0 heterocycles. The van der Waals surface area contributed by atoms with Gasteiger partial charge in [-0.3, -0.25) is 0 Å². The standard InChI is InChI=1S/C21H38/c1-2-3-4-5-6-7-8-9-10-11-12-13-14-15-18-21-19-16-17-20-21/h16,19-20H,2-15,17-18H2,1H3. The molecule has 0 saturated carbocycles. The summed E-state index contributed by atoms with van der Waals surface area (Å²) < 4.78 is 0. The number of rotatable bonds is 15. The minimum Gasteiger partial charge on any atom is -0.0805 e. The van der Waals surface area contributed by atoms with Gasteiger partial charge in [-0.2, -0.15) is 0 Å². The van der Waals surface area contributed by atoms with E-state index in [9.17, 15) is 0 Å². The van der Waals surface area contributed by atoms with Crippen molar-refractivity contribution in [3.05, 3.63) is 23.8 Å². The quantitative estimate of drug-likeness (QED) is 0.270. The topological polar surface area (TPSA) is 0 Å². The second-order valence-corrected chi connectivity index (χ2v) is 6.76. The van der Waals surface area contributed by atoms with E-state index in [-0.39, 0.29) is 0 Å². The molecule has 0 aromatic heterocycles. The molecule has 0 spiro atoms. The highest BCUT2D eigenvalue weighted by atomic mass is 14.0. The van der Waals surface area contributed by atoms with Crippen LogP contribution in [0.1, 0.15) is 110 Å². The molecule has 0 aromatic carbocycles. The van der Waals surface area contributed by atoms with Crippen LogP contribution >= 0.6 is 0 Å². The van der Waals surface area contributed by atoms with Gasteiger partial charge in [0.25, 0.3) is 0 Å². The second kappa shape index (κ2) is 14.4. The Morgan fingerprint density at radius 1 is 0.667 bits per heavy atom. The van der Waals surface area contributed by atoms with Crippen molar-refractivity contribution in [1.82, 2.24) is 0 Å². The van der Waals surface area contributed by atoms with E-state index >= 15 is 0 Å². The van der Waals surface area contributed by atoms with Gasteiger partial charge in [-0.1, -0.05) is 114 Å². The lowest BCUT2D eigenvalue weighted by atomic mass is 10.0. The van der Waals surface area contributed by atoms with E-state index in [0.717, 1.165) is 0 Å². The predicted molar refractivity (Wildman–Crippen MR) is 96.8 cm³/mol. The van der Waals surface area contributed by atoms with Gasteiger partial charge in [0, 0.05) is 0 Å². The van der Waals surface area contributed by atoms with Crippen molar-refractivity contribution in [3.63, 3.8) is 0 Å². The van der Waals surface area contributed by atoms with Crippen LogP contribution < -0.4 is 0 Å². The van der Waals surface area contributed by atoms with Crippen molar-refractivity contribution in [2.75, 3.05) is 0 Å². The first-order valence-corrected chi connectivity index (χ1v) is 9.79. The average molecular weight is 291 g/mol. The van der Waals surface area contributed by atoms with Crippen molar-refractivity contribution < 1.29 is 0 Å². The van der Waals surface area contributed by atoms with Gasteiger partial charge in [-0.15, -0.1) is 0 Å². The molecular formula is C21H38. The molecule has 1 aliphatic rings. The van der Waals surface area contributed by atoms with Gasteiger partial charge in [0.05, 0.1) is 0 Å². The Balaban J connectivity index is 1.68. The molecule has 0 aromatic rings. The summed E-state index contributed by atoms with van der Waals surface area (Å²) >= 11 is 0. The summed E-state index contributed by atoms with van der Waals surface area (Å²) in [7, 11) is 0. The summed E-state index contributed by atoms with van der Waals surface area (Å²) in [4.78, 5) is 0. The van der Waals surface area contributed by atoms with Crippen LogP contribution in [0.4, 0.5) is 0 Å². The lowest BCUT2D eigenvalue weighted by molar-refractivity contribution is 0.535. The molecule has 21 heavy (non-hydrogen) atoms. The normalized spacial score (nSPS) is 13.9. The van der Waals surface area contributed by atoms with Gasteiger partial charge in [0.15, 0.2) is 0 Å². The van der Waals surface area contributed by atoms with Crippen molar-refractivity contribution in [3.8, 4) is 0 Å². The SMILES string of the molecule is CCCCCCCCCCCCCCCCC1=CCC=C1. The molecule has 0 amide bonds. The van der Waals surface area contributed by atoms with Gasteiger partial charge in [-0.25, -0.2) is 0 Å². The Bertz CT molecular complexity index is 272. The van der Waals surface area contributed by atoms with Crippen LogP contribution in [0.15, 0.2) is 23.8 Å². The number of hydrogen-bond donors (Lipinski definition) is 0. The van der Waals surface area contributed by atoms with Gasteiger partial charge in [-0.05, 0) is 19.3 Å². The van der Waals surface area contributed by atoms with E-state index in [4.69, 9.17) is 0 Å². The minimum atomic E-state index is 1.17. The van der Waals surface area contributed by atoms with Crippen LogP contribution in [0.25, 0.3) is 0 Å². The van der Waals surface area contributed by atoms with Crippen LogP contribution in [0.5, 0.6) is 0 Å². The van der Waals surface area contributed by atoms with E-state index in [1.54, 1.807) is 5.57 Å². The lowest BCUT2D eigenvalue weighted by Crippen LogP contribution is -1.84. The fourth-order valence-electron chi connectivity index (χ4n) is 3.22. The summed E-state index contributed by atoms with van der Waals surface area (Å²) in [5.74, 6) is 0. The van der Waals surface area contributed by atoms with Gasteiger partial charge in [0.1, 0.15) is 0 Å². The Hall–Kier alpha value is -0.520. The third kappa shape index (κ3) is 11.8. The highest BCUT2D eigenvalue weighted by Crippen LogP contribution is 2.18. The molecule has 0 nitrogen and oxygen atoms in total. The van der Waals surface area contributed by atoms with Crippen molar-refractivity contribution in [2.45, 2.75) is 110 Å². The van der Waals surface area contributed by atoms with Crippen LogP contribution in [0.2, 0.25) is 0 Å². The fraction of sp³-hybridized carbons (Fsp3) is 0.810. The highest BCUT2D eigenvalue weighted by molar-refractivity contribution is 5.25. The Morgan fingerprint density at radius 2 is 1.14 bits per heavy atom. The van der Waals surface area contributed by atoms with Gasteiger partial charge < -0.3 is 0 Å². The summed E-state index contributed by atoms with van der Waals surface area (Å²) in [5.41, 5.74) is 1.58. The maximum atomic E-state index is 2.38. The summed E-state index contributed by atoms with van der Waals surface area (Å²) in [6.07, 6.45) is 29.8. The maximum Gasteiger partial charge on any atom is -0.0160 e. The summed E-state index contributed by atoms with van der Waals surface area (Å²) in [6.45, 7) is 2.29. The zero-order valence-corrected chi connectivity index (χ0v) is 14.5. The third-order valence-electron chi connectivity index (χ3n) is 4.67. The first-order valence-electron chi connectivity index (χ1n) is 9.79. The molecule has 1 aliphatic carbocycles. The van der Waals surface area contributed by atoms with Crippen LogP contribution in [-0.4, -0.2) is 0 Å².